The van der Waals surface area contributed by atoms with Crippen molar-refractivity contribution in [1.82, 2.24) is 10.2 Å². The highest BCUT2D eigenvalue weighted by Gasteiger charge is 2.23. The van der Waals surface area contributed by atoms with Gasteiger partial charge in [0, 0.05) is 37.9 Å². The lowest BCUT2D eigenvalue weighted by Gasteiger charge is -2.32. The molecule has 2 aliphatic rings. The number of hydrogen-bond donors (Lipinski definition) is 1. The molecule has 3 rings (SSSR count). The number of anilines is 1. The standard InChI is InChI=1S/C18H28N4O.HI/c1-3-19-18(20-9-11-21-12-13-23-14-15(21)2)22-10-8-16-6-4-5-7-17(16)22;/h4-7,15H,3,8-14H2,1-2H3,(H,19,20);1H. The zero-order chi connectivity index (χ0) is 16.1. The van der Waals surface area contributed by atoms with E-state index in [-0.39, 0.29) is 24.0 Å². The van der Waals surface area contributed by atoms with Crippen LogP contribution in [0.1, 0.15) is 19.4 Å². The molecule has 24 heavy (non-hydrogen) atoms. The summed E-state index contributed by atoms with van der Waals surface area (Å²) in [5.74, 6) is 1.01. The van der Waals surface area contributed by atoms with Gasteiger partial charge in [0.1, 0.15) is 0 Å². The number of para-hydroxylation sites is 1. The molecule has 1 N–H and O–H groups in total. The van der Waals surface area contributed by atoms with E-state index in [2.05, 4.69) is 53.2 Å². The summed E-state index contributed by atoms with van der Waals surface area (Å²) in [5, 5.41) is 3.45. The van der Waals surface area contributed by atoms with Crippen molar-refractivity contribution >= 4 is 35.6 Å². The number of guanidine groups is 1. The van der Waals surface area contributed by atoms with Crippen LogP contribution in [0.2, 0.25) is 0 Å². The van der Waals surface area contributed by atoms with Crippen LogP contribution >= 0.6 is 24.0 Å². The molecule has 0 aliphatic carbocycles. The molecule has 6 heteroatoms. The van der Waals surface area contributed by atoms with Crippen LogP contribution in [0, 0.1) is 0 Å². The Bertz CT molecular complexity index is 552. The zero-order valence-corrected chi connectivity index (χ0v) is 17.0. The molecular weight excluding hydrogens is 415 g/mol. The molecule has 1 aromatic carbocycles. The number of nitrogens with one attached hydrogen (secondary N) is 1. The van der Waals surface area contributed by atoms with Gasteiger partial charge in [0.25, 0.3) is 0 Å². The summed E-state index contributed by atoms with van der Waals surface area (Å²) in [6, 6.07) is 9.13. The first-order valence-electron chi connectivity index (χ1n) is 8.75. The van der Waals surface area contributed by atoms with Gasteiger partial charge in [-0.05, 0) is 31.9 Å². The topological polar surface area (TPSA) is 40.1 Å². The van der Waals surface area contributed by atoms with Gasteiger partial charge in [-0.25, -0.2) is 0 Å². The Hall–Kier alpha value is -0.860. The van der Waals surface area contributed by atoms with Crippen LogP contribution in [0.3, 0.4) is 0 Å². The Morgan fingerprint density at radius 1 is 1.33 bits per heavy atom. The maximum atomic E-state index is 5.50. The Labute approximate surface area is 162 Å². The number of ether oxygens (including phenoxy) is 1. The predicted molar refractivity (Wildman–Crippen MR) is 111 cm³/mol. The molecule has 0 radical (unpaired) electrons. The smallest absolute Gasteiger partial charge is 0.198 e. The van der Waals surface area contributed by atoms with Gasteiger partial charge in [0.2, 0.25) is 0 Å². The van der Waals surface area contributed by atoms with Gasteiger partial charge in [-0.15, -0.1) is 24.0 Å². The first kappa shape index (κ1) is 19.5. The van der Waals surface area contributed by atoms with E-state index in [4.69, 9.17) is 9.73 Å². The third-order valence-electron chi connectivity index (χ3n) is 4.63. The molecule has 1 unspecified atom stereocenters. The average molecular weight is 444 g/mol. The van der Waals surface area contributed by atoms with Crippen LogP contribution in [0.15, 0.2) is 29.3 Å². The third kappa shape index (κ3) is 4.61. The van der Waals surface area contributed by atoms with Crippen molar-refractivity contribution in [2.75, 3.05) is 50.8 Å². The predicted octanol–water partition coefficient (Wildman–Crippen LogP) is 2.35. The SMILES string of the molecule is CCNC(=NCCN1CCOCC1C)N1CCc2ccccc21.I. The number of morpholine rings is 1. The van der Waals surface area contributed by atoms with E-state index in [1.165, 1.54) is 11.3 Å². The highest BCUT2D eigenvalue weighted by atomic mass is 127. The molecule has 1 aromatic rings. The number of hydrogen-bond acceptors (Lipinski definition) is 3. The average Bonchev–Trinajstić information content (AvgIpc) is 3.00. The molecule has 1 atom stereocenters. The van der Waals surface area contributed by atoms with Crippen molar-refractivity contribution in [1.29, 1.82) is 0 Å². The highest BCUT2D eigenvalue weighted by molar-refractivity contribution is 14.0. The summed E-state index contributed by atoms with van der Waals surface area (Å²) in [4.78, 5) is 9.66. The fraction of sp³-hybridized carbons (Fsp3) is 0.611. The molecule has 1 fully saturated rings. The van der Waals surface area contributed by atoms with E-state index in [0.29, 0.717) is 6.04 Å². The number of benzene rings is 1. The molecule has 0 spiro atoms. The van der Waals surface area contributed by atoms with Crippen molar-refractivity contribution in [2.45, 2.75) is 26.3 Å². The molecule has 0 aromatic heterocycles. The lowest BCUT2D eigenvalue weighted by atomic mass is 10.2. The number of nitrogens with zero attached hydrogens (tertiary/aromatic N) is 3. The minimum atomic E-state index is 0. The van der Waals surface area contributed by atoms with E-state index in [9.17, 15) is 0 Å². The zero-order valence-electron chi connectivity index (χ0n) is 14.7. The van der Waals surface area contributed by atoms with Gasteiger partial charge in [-0.2, -0.15) is 0 Å². The van der Waals surface area contributed by atoms with E-state index in [1.54, 1.807) is 0 Å². The van der Waals surface area contributed by atoms with Gasteiger partial charge in [-0.1, -0.05) is 18.2 Å². The van der Waals surface area contributed by atoms with Crippen LogP contribution in [-0.4, -0.2) is 62.8 Å². The van der Waals surface area contributed by atoms with Gasteiger partial charge < -0.3 is 15.0 Å². The number of fused-ring (bicyclic) bond motifs is 1. The van der Waals surface area contributed by atoms with Gasteiger partial charge in [0.15, 0.2) is 5.96 Å². The molecule has 5 nitrogen and oxygen atoms in total. The molecule has 1 saturated heterocycles. The van der Waals surface area contributed by atoms with Crippen LogP contribution in [0.5, 0.6) is 0 Å². The van der Waals surface area contributed by atoms with Crippen LogP contribution in [0.4, 0.5) is 5.69 Å². The van der Waals surface area contributed by atoms with E-state index in [1.807, 2.05) is 0 Å². The van der Waals surface area contributed by atoms with Crippen molar-refractivity contribution in [2.24, 2.45) is 4.99 Å². The summed E-state index contributed by atoms with van der Waals surface area (Å²) in [6.07, 6.45) is 1.10. The van der Waals surface area contributed by atoms with Gasteiger partial charge in [-0.3, -0.25) is 9.89 Å². The number of aliphatic imine (C=N–C) groups is 1. The highest BCUT2D eigenvalue weighted by Crippen LogP contribution is 2.27. The van der Waals surface area contributed by atoms with Gasteiger partial charge in [0.05, 0.1) is 19.8 Å². The normalized spacial score (nSPS) is 21.3. The fourth-order valence-corrected chi connectivity index (χ4v) is 3.33. The quantitative estimate of drug-likeness (QED) is 0.440. The van der Waals surface area contributed by atoms with Crippen LogP contribution in [-0.2, 0) is 11.2 Å². The maximum Gasteiger partial charge on any atom is 0.198 e. The first-order valence-corrected chi connectivity index (χ1v) is 8.75. The van der Waals surface area contributed by atoms with E-state index >= 15 is 0 Å². The lowest BCUT2D eigenvalue weighted by molar-refractivity contribution is 0.00141. The fourth-order valence-electron chi connectivity index (χ4n) is 3.33. The number of halogens is 1. The molecule has 0 bridgehead atoms. The Kier molecular flexibility index (Phi) is 7.77. The Morgan fingerprint density at radius 2 is 2.17 bits per heavy atom. The second kappa shape index (κ2) is 9.58. The van der Waals surface area contributed by atoms with Crippen molar-refractivity contribution in [3.05, 3.63) is 29.8 Å². The summed E-state index contributed by atoms with van der Waals surface area (Å²) in [7, 11) is 0. The molecule has 134 valence electrons. The van der Waals surface area contributed by atoms with Crippen LogP contribution in [0.25, 0.3) is 0 Å². The second-order valence-electron chi connectivity index (χ2n) is 6.23. The molecule has 2 aliphatic heterocycles. The maximum absolute atomic E-state index is 5.50. The molecule has 2 heterocycles. The van der Waals surface area contributed by atoms with Crippen LogP contribution < -0.4 is 10.2 Å². The summed E-state index contributed by atoms with van der Waals surface area (Å²) in [5.41, 5.74) is 2.71. The monoisotopic (exact) mass is 444 g/mol. The minimum absolute atomic E-state index is 0. The second-order valence-corrected chi connectivity index (χ2v) is 6.23. The largest absolute Gasteiger partial charge is 0.379 e. The van der Waals surface area contributed by atoms with E-state index < -0.39 is 0 Å². The molecular formula is C18H29IN4O. The van der Waals surface area contributed by atoms with Gasteiger partial charge >= 0.3 is 0 Å². The minimum Gasteiger partial charge on any atom is -0.379 e. The van der Waals surface area contributed by atoms with E-state index in [0.717, 1.165) is 58.3 Å². The lowest BCUT2D eigenvalue weighted by Crippen LogP contribution is -2.45. The molecule has 0 saturated carbocycles. The van der Waals surface area contributed by atoms with Crippen molar-refractivity contribution < 1.29 is 4.74 Å². The Balaban J connectivity index is 0.00000208. The van der Waals surface area contributed by atoms with Crippen molar-refractivity contribution in [3.8, 4) is 0 Å². The third-order valence-corrected chi connectivity index (χ3v) is 4.63. The summed E-state index contributed by atoms with van der Waals surface area (Å²) >= 11 is 0. The Morgan fingerprint density at radius 3 is 2.96 bits per heavy atom. The summed E-state index contributed by atoms with van der Waals surface area (Å²) in [6.45, 7) is 10.8. The molecule has 0 amide bonds. The first-order chi connectivity index (χ1) is 11.3. The van der Waals surface area contributed by atoms with Crippen molar-refractivity contribution in [3.63, 3.8) is 0 Å². The summed E-state index contributed by atoms with van der Waals surface area (Å²) < 4.78 is 5.50. The number of rotatable bonds is 4.